The number of hydrogen-bond acceptors (Lipinski definition) is 3. The number of amides is 3. The molecule has 3 fully saturated rings. The molecule has 2 aliphatic heterocycles. The van der Waals surface area contributed by atoms with Gasteiger partial charge < -0.3 is 4.90 Å². The first kappa shape index (κ1) is 16.5. The van der Waals surface area contributed by atoms with E-state index in [0.717, 1.165) is 45.2 Å². The van der Waals surface area contributed by atoms with Gasteiger partial charge in [-0.15, -0.1) is 0 Å². The smallest absolute Gasteiger partial charge is 0.232 e. The summed E-state index contributed by atoms with van der Waals surface area (Å²) in [5.41, 5.74) is 0. The predicted molar refractivity (Wildman–Crippen MR) is 86.3 cm³/mol. The third-order valence-corrected chi connectivity index (χ3v) is 5.84. The van der Waals surface area contributed by atoms with Crippen molar-refractivity contribution in [1.82, 2.24) is 9.80 Å². The predicted octanol–water partition coefficient (Wildman–Crippen LogP) is 2.06. The van der Waals surface area contributed by atoms with Crippen LogP contribution < -0.4 is 0 Å². The molecule has 5 heteroatoms. The fourth-order valence-corrected chi connectivity index (χ4v) is 4.28. The molecule has 2 saturated heterocycles. The Morgan fingerprint density at radius 2 is 1.78 bits per heavy atom. The van der Waals surface area contributed by atoms with Crippen LogP contribution in [0.25, 0.3) is 0 Å². The van der Waals surface area contributed by atoms with E-state index in [1.807, 2.05) is 11.8 Å². The molecule has 23 heavy (non-hydrogen) atoms. The van der Waals surface area contributed by atoms with E-state index in [1.165, 1.54) is 4.90 Å². The largest absolute Gasteiger partial charge is 0.342 e. The maximum atomic E-state index is 12.6. The van der Waals surface area contributed by atoms with Gasteiger partial charge in [-0.2, -0.15) is 0 Å². The normalized spacial score (nSPS) is 35.2. The van der Waals surface area contributed by atoms with Crippen LogP contribution in [-0.2, 0) is 14.4 Å². The van der Waals surface area contributed by atoms with Crippen LogP contribution in [0.5, 0.6) is 0 Å². The summed E-state index contributed by atoms with van der Waals surface area (Å²) in [7, 11) is 0. The van der Waals surface area contributed by atoms with E-state index < -0.39 is 0 Å². The van der Waals surface area contributed by atoms with Gasteiger partial charge in [0.25, 0.3) is 0 Å². The van der Waals surface area contributed by atoms with Gasteiger partial charge in [-0.05, 0) is 43.9 Å². The van der Waals surface area contributed by atoms with Crippen LogP contribution in [0.15, 0.2) is 0 Å². The number of nitrogens with zero attached hydrogens (tertiary/aromatic N) is 2. The standard InChI is InChI=1S/C18H28N2O3/c1-12-7-8-19(10-12)18(23)15-5-3-14(4-6-15)11-20-16(21)9-13(2)17(20)22/h12-15H,3-11H2,1-2H3/t12-,13?,14?,15?/m0/s1. The van der Waals surface area contributed by atoms with Crippen LogP contribution in [0.2, 0.25) is 0 Å². The molecule has 1 unspecified atom stereocenters. The molecule has 2 heterocycles. The molecular weight excluding hydrogens is 292 g/mol. The highest BCUT2D eigenvalue weighted by atomic mass is 16.2. The number of rotatable bonds is 3. The molecule has 1 aliphatic carbocycles. The van der Waals surface area contributed by atoms with Gasteiger partial charge in [0.1, 0.15) is 0 Å². The fourth-order valence-electron chi connectivity index (χ4n) is 4.28. The van der Waals surface area contributed by atoms with Crippen molar-refractivity contribution in [3.8, 4) is 0 Å². The van der Waals surface area contributed by atoms with E-state index in [0.29, 0.717) is 30.7 Å². The highest BCUT2D eigenvalue weighted by Gasteiger charge is 2.38. The van der Waals surface area contributed by atoms with Crippen molar-refractivity contribution in [2.24, 2.45) is 23.7 Å². The summed E-state index contributed by atoms with van der Waals surface area (Å²) in [6.45, 7) is 6.41. The molecule has 0 N–H and O–H groups in total. The van der Waals surface area contributed by atoms with Gasteiger partial charge in [0.15, 0.2) is 0 Å². The summed E-state index contributed by atoms with van der Waals surface area (Å²) >= 11 is 0. The lowest BCUT2D eigenvalue weighted by atomic mass is 9.81. The lowest BCUT2D eigenvalue weighted by Gasteiger charge is -2.32. The molecule has 0 aromatic carbocycles. The first-order chi connectivity index (χ1) is 11.0. The number of hydrogen-bond donors (Lipinski definition) is 0. The van der Waals surface area contributed by atoms with E-state index >= 15 is 0 Å². The average molecular weight is 320 g/mol. The monoisotopic (exact) mass is 320 g/mol. The van der Waals surface area contributed by atoms with Crippen molar-refractivity contribution in [2.75, 3.05) is 19.6 Å². The molecule has 3 aliphatic rings. The minimum Gasteiger partial charge on any atom is -0.342 e. The molecule has 3 rings (SSSR count). The zero-order chi connectivity index (χ0) is 16.6. The Morgan fingerprint density at radius 3 is 2.30 bits per heavy atom. The van der Waals surface area contributed by atoms with E-state index in [-0.39, 0.29) is 23.7 Å². The van der Waals surface area contributed by atoms with Crippen LogP contribution in [0.4, 0.5) is 0 Å². The summed E-state index contributed by atoms with van der Waals surface area (Å²) in [5, 5.41) is 0. The van der Waals surface area contributed by atoms with Crippen molar-refractivity contribution in [3.63, 3.8) is 0 Å². The van der Waals surface area contributed by atoms with Gasteiger partial charge in [0.2, 0.25) is 17.7 Å². The summed E-state index contributed by atoms with van der Waals surface area (Å²) < 4.78 is 0. The lowest BCUT2D eigenvalue weighted by Crippen LogP contribution is -2.39. The maximum absolute atomic E-state index is 12.6. The summed E-state index contributed by atoms with van der Waals surface area (Å²) in [6, 6.07) is 0. The SMILES string of the molecule is CC1CC(=O)N(CC2CCC(C(=O)N3CC[C@H](C)C3)CC2)C1=O. The van der Waals surface area contributed by atoms with Gasteiger partial charge in [-0.25, -0.2) is 0 Å². The van der Waals surface area contributed by atoms with Gasteiger partial charge in [0, 0.05) is 37.9 Å². The first-order valence-electron chi connectivity index (χ1n) is 9.08. The molecule has 128 valence electrons. The Kier molecular flexibility index (Phi) is 4.74. The van der Waals surface area contributed by atoms with Crippen LogP contribution in [0, 0.1) is 23.7 Å². The quantitative estimate of drug-likeness (QED) is 0.748. The second kappa shape index (κ2) is 6.62. The van der Waals surface area contributed by atoms with Gasteiger partial charge in [0.05, 0.1) is 0 Å². The molecule has 0 aromatic rings. The zero-order valence-corrected chi connectivity index (χ0v) is 14.3. The van der Waals surface area contributed by atoms with Crippen molar-refractivity contribution in [1.29, 1.82) is 0 Å². The average Bonchev–Trinajstić information content (AvgIpc) is 3.06. The van der Waals surface area contributed by atoms with E-state index in [4.69, 9.17) is 0 Å². The number of carbonyl (C=O) groups is 3. The molecular formula is C18H28N2O3. The Hall–Kier alpha value is -1.39. The third kappa shape index (κ3) is 3.43. The van der Waals surface area contributed by atoms with Crippen LogP contribution in [0.3, 0.4) is 0 Å². The molecule has 5 nitrogen and oxygen atoms in total. The molecule has 0 spiro atoms. The molecule has 3 amide bonds. The van der Waals surface area contributed by atoms with Crippen molar-refractivity contribution in [2.45, 2.75) is 52.4 Å². The third-order valence-electron chi connectivity index (χ3n) is 5.84. The lowest BCUT2D eigenvalue weighted by molar-refractivity contribution is -0.141. The van der Waals surface area contributed by atoms with Gasteiger partial charge in [-0.1, -0.05) is 13.8 Å². The van der Waals surface area contributed by atoms with E-state index in [9.17, 15) is 14.4 Å². The number of carbonyl (C=O) groups excluding carboxylic acids is 3. The summed E-state index contributed by atoms with van der Waals surface area (Å²) in [6.07, 6.45) is 5.19. The van der Waals surface area contributed by atoms with Gasteiger partial charge in [-0.3, -0.25) is 19.3 Å². The minimum atomic E-state index is -0.155. The first-order valence-corrected chi connectivity index (χ1v) is 9.08. The Balaban J connectivity index is 1.48. The highest BCUT2D eigenvalue weighted by Crippen LogP contribution is 2.33. The summed E-state index contributed by atoms with van der Waals surface area (Å²) in [4.78, 5) is 39.9. The molecule has 1 saturated carbocycles. The Bertz CT molecular complexity index is 496. The van der Waals surface area contributed by atoms with Gasteiger partial charge >= 0.3 is 0 Å². The van der Waals surface area contributed by atoms with Crippen molar-refractivity contribution < 1.29 is 14.4 Å². The molecule has 2 atom stereocenters. The second-order valence-corrected chi connectivity index (χ2v) is 7.84. The van der Waals surface area contributed by atoms with Crippen LogP contribution >= 0.6 is 0 Å². The van der Waals surface area contributed by atoms with Crippen molar-refractivity contribution in [3.05, 3.63) is 0 Å². The maximum Gasteiger partial charge on any atom is 0.232 e. The van der Waals surface area contributed by atoms with Crippen molar-refractivity contribution >= 4 is 17.7 Å². The fraction of sp³-hybridized carbons (Fsp3) is 0.833. The zero-order valence-electron chi connectivity index (χ0n) is 14.3. The number of imide groups is 1. The molecule has 0 aromatic heterocycles. The van der Waals surface area contributed by atoms with E-state index in [2.05, 4.69) is 6.92 Å². The summed E-state index contributed by atoms with van der Waals surface area (Å²) in [5.74, 6) is 1.29. The van der Waals surface area contributed by atoms with Crippen LogP contribution in [-0.4, -0.2) is 47.2 Å². The Morgan fingerprint density at radius 1 is 1.09 bits per heavy atom. The topological polar surface area (TPSA) is 57.7 Å². The van der Waals surface area contributed by atoms with Crippen LogP contribution in [0.1, 0.15) is 52.4 Å². The van der Waals surface area contributed by atoms with E-state index in [1.54, 1.807) is 0 Å². The Labute approximate surface area is 138 Å². The molecule has 0 radical (unpaired) electrons. The second-order valence-electron chi connectivity index (χ2n) is 7.84. The molecule has 0 bridgehead atoms. The minimum absolute atomic E-state index is 0.0146. The highest BCUT2D eigenvalue weighted by molar-refractivity contribution is 6.03. The number of likely N-dealkylation sites (tertiary alicyclic amines) is 2.